The van der Waals surface area contributed by atoms with Gasteiger partial charge in [0.15, 0.2) is 5.11 Å². The minimum Gasteiger partial charge on any atom is -0.331 e. The Morgan fingerprint density at radius 2 is 1.71 bits per heavy atom. The van der Waals surface area contributed by atoms with Crippen molar-refractivity contribution in [3.63, 3.8) is 0 Å². The topological polar surface area (TPSA) is 33.3 Å². The maximum absolute atomic E-state index is 5.36. The molecule has 0 atom stereocenters. The molecule has 0 aliphatic heterocycles. The van der Waals surface area contributed by atoms with Crippen LogP contribution in [0.25, 0.3) is 0 Å². The van der Waals surface area contributed by atoms with Gasteiger partial charge >= 0.3 is 0 Å². The van der Waals surface area contributed by atoms with Crippen molar-refractivity contribution in [2.24, 2.45) is 0 Å². The van der Waals surface area contributed by atoms with Crippen LogP contribution in [0.3, 0.4) is 0 Å². The largest absolute Gasteiger partial charge is 0.331 e. The zero-order valence-corrected chi connectivity index (χ0v) is 13.1. The first kappa shape index (κ1) is 15.5. The van der Waals surface area contributed by atoms with Crippen LogP contribution in [0.1, 0.15) is 30.9 Å². The van der Waals surface area contributed by atoms with Crippen LogP contribution in [-0.2, 0) is 11.4 Å². The number of nitrogens with one attached hydrogen (secondary N) is 2. The molecule has 3 nitrogen and oxygen atoms in total. The van der Waals surface area contributed by atoms with Crippen molar-refractivity contribution in [1.29, 1.82) is 0 Å². The van der Waals surface area contributed by atoms with Gasteiger partial charge < -0.3 is 5.32 Å². The summed E-state index contributed by atoms with van der Waals surface area (Å²) in [6, 6.07) is 18.2. The summed E-state index contributed by atoms with van der Waals surface area (Å²) in [6.07, 6.45) is 0. The molecule has 0 spiro atoms. The molecule has 0 bridgehead atoms. The Morgan fingerprint density at radius 1 is 1.05 bits per heavy atom. The molecule has 0 heterocycles. The van der Waals surface area contributed by atoms with Gasteiger partial charge in [-0.15, -0.1) is 0 Å². The van der Waals surface area contributed by atoms with Gasteiger partial charge in [0.1, 0.15) is 0 Å². The van der Waals surface area contributed by atoms with Crippen molar-refractivity contribution in [3.05, 3.63) is 65.7 Å². The fourth-order valence-corrected chi connectivity index (χ4v) is 2.04. The molecule has 2 rings (SSSR count). The molecule has 0 saturated carbocycles. The van der Waals surface area contributed by atoms with Gasteiger partial charge in [-0.1, -0.05) is 56.3 Å². The van der Waals surface area contributed by atoms with Gasteiger partial charge in [-0.2, -0.15) is 0 Å². The molecule has 0 amide bonds. The van der Waals surface area contributed by atoms with Gasteiger partial charge in [-0.3, -0.25) is 4.84 Å². The molecule has 0 aliphatic carbocycles. The summed E-state index contributed by atoms with van der Waals surface area (Å²) in [5, 5.41) is 3.54. The normalized spacial score (nSPS) is 10.4. The van der Waals surface area contributed by atoms with Crippen LogP contribution in [0.5, 0.6) is 0 Å². The summed E-state index contributed by atoms with van der Waals surface area (Å²) in [7, 11) is 0. The molecule has 110 valence electrons. The van der Waals surface area contributed by atoms with Crippen LogP contribution in [-0.4, -0.2) is 5.11 Å². The molecule has 2 aromatic rings. The van der Waals surface area contributed by atoms with E-state index in [1.54, 1.807) is 0 Å². The third-order valence-corrected chi connectivity index (χ3v) is 3.27. The van der Waals surface area contributed by atoms with Gasteiger partial charge in [0.25, 0.3) is 0 Å². The number of thiocarbonyl (C=S) groups is 1. The van der Waals surface area contributed by atoms with E-state index in [2.05, 4.69) is 36.8 Å². The molecule has 21 heavy (non-hydrogen) atoms. The van der Waals surface area contributed by atoms with Gasteiger partial charge in [-0.05, 0) is 41.4 Å². The van der Waals surface area contributed by atoms with Crippen LogP contribution in [0.15, 0.2) is 54.6 Å². The molecule has 0 aromatic heterocycles. The van der Waals surface area contributed by atoms with Crippen LogP contribution < -0.4 is 10.8 Å². The first-order valence-corrected chi connectivity index (χ1v) is 7.38. The monoisotopic (exact) mass is 300 g/mol. The summed E-state index contributed by atoms with van der Waals surface area (Å²) in [6.45, 7) is 4.81. The zero-order chi connectivity index (χ0) is 15.1. The van der Waals surface area contributed by atoms with E-state index in [0.717, 1.165) is 11.3 Å². The predicted molar refractivity (Wildman–Crippen MR) is 91.1 cm³/mol. The van der Waals surface area contributed by atoms with E-state index in [1.165, 1.54) is 5.56 Å². The molecule has 0 saturated heterocycles. The van der Waals surface area contributed by atoms with E-state index in [0.29, 0.717) is 17.6 Å². The van der Waals surface area contributed by atoms with Crippen molar-refractivity contribution in [3.8, 4) is 0 Å². The predicted octanol–water partition coefficient (Wildman–Crippen LogP) is 4.23. The number of benzene rings is 2. The highest BCUT2D eigenvalue weighted by Crippen LogP contribution is 2.16. The van der Waals surface area contributed by atoms with Gasteiger partial charge in [0.05, 0.1) is 6.61 Å². The number of hydrogen-bond donors (Lipinski definition) is 2. The van der Waals surface area contributed by atoms with Crippen molar-refractivity contribution < 1.29 is 4.84 Å². The van der Waals surface area contributed by atoms with Crippen molar-refractivity contribution in [2.45, 2.75) is 26.4 Å². The van der Waals surface area contributed by atoms with Crippen LogP contribution in [0.2, 0.25) is 0 Å². The summed E-state index contributed by atoms with van der Waals surface area (Å²) >= 11 is 5.19. The molecule has 0 aliphatic rings. The quantitative estimate of drug-likeness (QED) is 0.639. The summed E-state index contributed by atoms with van der Waals surface area (Å²) < 4.78 is 0. The fraction of sp³-hybridized carbons (Fsp3) is 0.235. The van der Waals surface area contributed by atoms with E-state index in [-0.39, 0.29) is 0 Å². The Bertz CT molecular complexity index is 567. The van der Waals surface area contributed by atoms with E-state index in [1.807, 2.05) is 42.5 Å². The van der Waals surface area contributed by atoms with Crippen LogP contribution >= 0.6 is 12.2 Å². The molecule has 0 unspecified atom stereocenters. The Hall–Kier alpha value is -1.91. The van der Waals surface area contributed by atoms with E-state index >= 15 is 0 Å². The molecule has 2 N–H and O–H groups in total. The number of rotatable bonds is 5. The molecular weight excluding hydrogens is 280 g/mol. The molecule has 0 radical (unpaired) electrons. The minimum absolute atomic E-state index is 0.447. The smallest absolute Gasteiger partial charge is 0.195 e. The fourth-order valence-electron chi connectivity index (χ4n) is 1.87. The van der Waals surface area contributed by atoms with Gasteiger partial charge in [0, 0.05) is 5.69 Å². The van der Waals surface area contributed by atoms with Crippen molar-refractivity contribution in [2.75, 3.05) is 5.32 Å². The van der Waals surface area contributed by atoms with Crippen molar-refractivity contribution in [1.82, 2.24) is 5.48 Å². The van der Waals surface area contributed by atoms with E-state index in [4.69, 9.17) is 17.1 Å². The summed E-state index contributed by atoms with van der Waals surface area (Å²) in [5.74, 6) is 0.526. The Labute approximate surface area is 131 Å². The third kappa shape index (κ3) is 5.17. The number of hydrogen-bond acceptors (Lipinski definition) is 2. The highest BCUT2D eigenvalue weighted by atomic mass is 32.1. The lowest BCUT2D eigenvalue weighted by Crippen LogP contribution is -2.28. The standard InChI is InChI=1S/C17H20N2OS/c1-13(2)15-8-10-16(11-9-15)18-17(21)19-20-12-14-6-4-3-5-7-14/h3-11,13H,12H2,1-2H3,(H2,18,19,21). The zero-order valence-electron chi connectivity index (χ0n) is 12.3. The molecule has 4 heteroatoms. The lowest BCUT2D eigenvalue weighted by molar-refractivity contribution is 0.0728. The molecule has 2 aromatic carbocycles. The molecule has 0 fully saturated rings. The van der Waals surface area contributed by atoms with E-state index < -0.39 is 0 Å². The SMILES string of the molecule is CC(C)c1ccc(NC(=S)NOCc2ccccc2)cc1. The highest BCUT2D eigenvalue weighted by Gasteiger charge is 2.01. The molecular formula is C17H20N2OS. The highest BCUT2D eigenvalue weighted by molar-refractivity contribution is 7.80. The summed E-state index contributed by atoms with van der Waals surface area (Å²) in [4.78, 5) is 5.36. The van der Waals surface area contributed by atoms with Gasteiger partial charge in [0.2, 0.25) is 0 Å². The Morgan fingerprint density at radius 3 is 2.33 bits per heavy atom. The van der Waals surface area contributed by atoms with Crippen LogP contribution in [0.4, 0.5) is 5.69 Å². The first-order chi connectivity index (χ1) is 10.1. The average Bonchev–Trinajstić information content (AvgIpc) is 2.49. The number of hydroxylamine groups is 1. The minimum atomic E-state index is 0.447. The Kier molecular flexibility index (Phi) is 5.72. The summed E-state index contributed by atoms with van der Waals surface area (Å²) in [5.41, 5.74) is 6.08. The van der Waals surface area contributed by atoms with Gasteiger partial charge in [-0.25, -0.2) is 5.48 Å². The second-order valence-corrected chi connectivity index (χ2v) is 5.52. The van der Waals surface area contributed by atoms with E-state index in [9.17, 15) is 0 Å². The second kappa shape index (κ2) is 7.76. The number of anilines is 1. The third-order valence-electron chi connectivity index (χ3n) is 3.08. The first-order valence-electron chi connectivity index (χ1n) is 6.98. The maximum Gasteiger partial charge on any atom is 0.195 e. The Balaban J connectivity index is 1.76. The second-order valence-electron chi connectivity index (χ2n) is 5.11. The average molecular weight is 300 g/mol. The lowest BCUT2D eigenvalue weighted by Gasteiger charge is -2.11. The maximum atomic E-state index is 5.36. The van der Waals surface area contributed by atoms with Crippen LogP contribution in [0, 0.1) is 0 Å². The lowest BCUT2D eigenvalue weighted by atomic mass is 10.0. The van der Waals surface area contributed by atoms with Crippen molar-refractivity contribution >= 4 is 23.0 Å².